The van der Waals surface area contributed by atoms with E-state index in [9.17, 15) is 26.8 Å². The molecule has 2 amide bonds. The first-order chi connectivity index (χ1) is 18.4. The van der Waals surface area contributed by atoms with Crippen LogP contribution in [0.15, 0.2) is 58.1 Å². The van der Waals surface area contributed by atoms with Gasteiger partial charge in [0, 0.05) is 30.9 Å². The summed E-state index contributed by atoms with van der Waals surface area (Å²) in [4.78, 5) is 35.0. The van der Waals surface area contributed by atoms with Gasteiger partial charge in [-0.1, -0.05) is 13.0 Å². The van der Waals surface area contributed by atoms with Crippen LogP contribution in [0.25, 0.3) is 5.57 Å². The minimum absolute atomic E-state index is 0.0404. The molecule has 2 atom stereocenters. The summed E-state index contributed by atoms with van der Waals surface area (Å²) in [6.45, 7) is 3.68. The minimum atomic E-state index is -4.32. The molecule has 0 saturated carbocycles. The lowest BCUT2D eigenvalue weighted by Gasteiger charge is -2.37. The first-order valence-electron chi connectivity index (χ1n) is 11.9. The van der Waals surface area contributed by atoms with Crippen LogP contribution in [-0.4, -0.2) is 62.7 Å². The summed E-state index contributed by atoms with van der Waals surface area (Å²) in [6, 6.07) is 3.69. The van der Waals surface area contributed by atoms with Gasteiger partial charge in [-0.3, -0.25) is 24.2 Å². The average Bonchev–Trinajstić information content (AvgIpc) is 2.91. The molecule has 206 valence electrons. The lowest BCUT2D eigenvalue weighted by Crippen LogP contribution is -2.47. The fourth-order valence-corrected chi connectivity index (χ4v) is 5.32. The maximum Gasteiger partial charge on any atom is 0.262 e. The summed E-state index contributed by atoms with van der Waals surface area (Å²) in [7, 11) is -1.49. The number of hydrogen-bond donors (Lipinski definition) is 2. The highest BCUT2D eigenvalue weighted by molar-refractivity contribution is 7.92. The predicted molar refractivity (Wildman–Crippen MR) is 140 cm³/mol. The first-order valence-corrected chi connectivity index (χ1v) is 13.4. The molecule has 2 heterocycles. The van der Waals surface area contributed by atoms with Crippen molar-refractivity contribution in [3.8, 4) is 5.88 Å². The van der Waals surface area contributed by atoms with Crippen molar-refractivity contribution in [3.63, 3.8) is 0 Å². The predicted octanol–water partition coefficient (Wildman–Crippen LogP) is 2.89. The van der Waals surface area contributed by atoms with Gasteiger partial charge in [0.25, 0.3) is 15.9 Å². The van der Waals surface area contributed by atoms with Crippen molar-refractivity contribution < 1.29 is 31.5 Å². The molecule has 0 radical (unpaired) electrons. The molecule has 1 aliphatic carbocycles. The zero-order valence-corrected chi connectivity index (χ0v) is 22.5. The fraction of sp³-hybridized carbons (Fsp3) is 0.308. The summed E-state index contributed by atoms with van der Waals surface area (Å²) >= 11 is 0. The number of carbonyl (C=O) groups excluding carboxylic acids is 2. The Kier molecular flexibility index (Phi) is 7.55. The molecule has 13 heteroatoms. The number of ether oxygens (including phenoxy) is 1. The molecule has 1 unspecified atom stereocenters. The van der Waals surface area contributed by atoms with Crippen molar-refractivity contribution in [3.05, 3.63) is 65.4 Å². The number of allylic oxidation sites excluding steroid dienone is 2. The largest absolute Gasteiger partial charge is 0.480 e. The number of fused-ring (bicyclic) bond motifs is 1. The second-order valence-corrected chi connectivity index (χ2v) is 11.1. The number of anilines is 1. The summed E-state index contributed by atoms with van der Waals surface area (Å²) in [5.41, 5.74) is 0.633. The van der Waals surface area contributed by atoms with Crippen LogP contribution in [0.5, 0.6) is 5.88 Å². The molecule has 1 aromatic heterocycles. The third kappa shape index (κ3) is 5.53. The van der Waals surface area contributed by atoms with Crippen LogP contribution in [0.1, 0.15) is 25.8 Å². The molecule has 2 aliphatic rings. The maximum atomic E-state index is 13.7. The summed E-state index contributed by atoms with van der Waals surface area (Å²) in [5.74, 6) is -3.49. The van der Waals surface area contributed by atoms with Crippen molar-refractivity contribution in [2.24, 2.45) is 10.9 Å². The summed E-state index contributed by atoms with van der Waals surface area (Å²) in [6.07, 6.45) is 6.82. The van der Waals surface area contributed by atoms with Gasteiger partial charge in [0.1, 0.15) is 5.69 Å². The minimum Gasteiger partial charge on any atom is -0.480 e. The van der Waals surface area contributed by atoms with Gasteiger partial charge in [-0.2, -0.15) is 0 Å². The Labute approximate surface area is 224 Å². The smallest absolute Gasteiger partial charge is 0.262 e. The third-order valence-electron chi connectivity index (χ3n) is 6.56. The van der Waals surface area contributed by atoms with Crippen LogP contribution in [0, 0.1) is 17.6 Å². The van der Waals surface area contributed by atoms with Crippen LogP contribution < -0.4 is 14.8 Å². The van der Waals surface area contributed by atoms with E-state index in [4.69, 9.17) is 4.74 Å². The lowest BCUT2D eigenvalue weighted by molar-refractivity contribution is -0.127. The number of nitrogens with one attached hydrogen (secondary N) is 2. The van der Waals surface area contributed by atoms with Crippen molar-refractivity contribution >= 4 is 39.4 Å². The van der Waals surface area contributed by atoms with E-state index >= 15 is 0 Å². The maximum absolute atomic E-state index is 13.7. The normalized spacial score (nSPS) is 19.5. The zero-order chi connectivity index (χ0) is 28.5. The van der Waals surface area contributed by atoms with Gasteiger partial charge >= 0.3 is 0 Å². The fourth-order valence-electron chi connectivity index (χ4n) is 4.26. The van der Waals surface area contributed by atoms with Crippen LogP contribution in [0.2, 0.25) is 0 Å². The van der Waals surface area contributed by atoms with E-state index in [-0.39, 0.29) is 29.9 Å². The first kappa shape index (κ1) is 27.9. The Balaban J connectivity index is 1.65. The van der Waals surface area contributed by atoms with Crippen molar-refractivity contribution in [2.45, 2.75) is 30.7 Å². The number of pyridine rings is 1. The summed E-state index contributed by atoms with van der Waals surface area (Å²) < 4.78 is 60.3. The topological polar surface area (TPSA) is 130 Å². The number of methoxy groups -OCH3 is 1. The Morgan fingerprint density at radius 3 is 2.67 bits per heavy atom. The molecule has 1 aliphatic heterocycles. The molecule has 39 heavy (non-hydrogen) atoms. The standard InChI is InChI=1S/C26H27F2N5O5S/c1-15(23(34)29-3)13-33-14-31-26(2)8-7-16(9-19(26)25(33)35)17-10-22(24(38-4)30-12-17)32-39(36,37)18-5-6-20(27)21(28)11-18/h5-7,9-12,14-15,32H,8,13H2,1-4H3,(H,29,34)/t15-,26?/m1/s1. The number of benzene rings is 1. The van der Waals surface area contributed by atoms with E-state index in [1.165, 1.54) is 37.7 Å². The second-order valence-electron chi connectivity index (χ2n) is 9.38. The number of rotatable bonds is 8. The molecule has 0 fully saturated rings. The SMILES string of the molecule is CNC(=O)[C@H](C)CN1C=NC2(C)CC=C(c3cnc(OC)c(NS(=O)(=O)c4ccc(F)c(F)c4)c3)C=C2C1=O. The van der Waals surface area contributed by atoms with E-state index < -0.39 is 38.0 Å². The number of sulfonamides is 1. The van der Waals surface area contributed by atoms with Crippen LogP contribution in [0.3, 0.4) is 0 Å². The van der Waals surface area contributed by atoms with Crippen LogP contribution >= 0.6 is 0 Å². The van der Waals surface area contributed by atoms with E-state index in [1.807, 2.05) is 13.0 Å². The third-order valence-corrected chi connectivity index (χ3v) is 7.92. The Morgan fingerprint density at radius 1 is 1.26 bits per heavy atom. The lowest BCUT2D eigenvalue weighted by atomic mass is 9.80. The monoisotopic (exact) mass is 559 g/mol. The number of aliphatic imine (C=N–C) groups is 1. The molecule has 4 rings (SSSR count). The highest BCUT2D eigenvalue weighted by atomic mass is 32.2. The quantitative estimate of drug-likeness (QED) is 0.512. The molecule has 0 spiro atoms. The Bertz CT molecular complexity index is 1540. The van der Waals surface area contributed by atoms with Crippen molar-refractivity contribution in [2.75, 3.05) is 25.4 Å². The molecule has 2 N–H and O–H groups in total. The Hall–Kier alpha value is -4.13. The second kappa shape index (κ2) is 10.6. The molecular formula is C26H27F2N5O5S. The van der Waals surface area contributed by atoms with Gasteiger partial charge in [0.15, 0.2) is 11.6 Å². The molecule has 10 nitrogen and oxygen atoms in total. The van der Waals surface area contributed by atoms with E-state index in [2.05, 4.69) is 20.0 Å². The van der Waals surface area contributed by atoms with Crippen LogP contribution in [-0.2, 0) is 19.6 Å². The van der Waals surface area contributed by atoms with E-state index in [0.717, 1.165) is 6.07 Å². The number of halogens is 2. The number of aromatic nitrogens is 1. The van der Waals surface area contributed by atoms with Gasteiger partial charge < -0.3 is 10.1 Å². The number of nitrogens with zero attached hydrogens (tertiary/aromatic N) is 3. The van der Waals surface area contributed by atoms with E-state index in [1.54, 1.807) is 13.0 Å². The highest BCUT2D eigenvalue weighted by Crippen LogP contribution is 2.39. The summed E-state index contributed by atoms with van der Waals surface area (Å²) in [5, 5.41) is 2.56. The zero-order valence-electron chi connectivity index (χ0n) is 21.7. The number of amides is 2. The van der Waals surface area contributed by atoms with E-state index in [0.29, 0.717) is 35.3 Å². The van der Waals surface area contributed by atoms with Gasteiger partial charge in [0.05, 0.1) is 29.8 Å². The Morgan fingerprint density at radius 2 is 2.00 bits per heavy atom. The van der Waals surface area contributed by atoms with Crippen molar-refractivity contribution in [1.82, 2.24) is 15.2 Å². The average molecular weight is 560 g/mol. The molecule has 0 saturated heterocycles. The van der Waals surface area contributed by atoms with Gasteiger partial charge in [-0.15, -0.1) is 0 Å². The van der Waals surface area contributed by atoms with Gasteiger partial charge in [0.2, 0.25) is 11.8 Å². The van der Waals surface area contributed by atoms with Gasteiger partial charge in [-0.25, -0.2) is 22.2 Å². The molecule has 0 bridgehead atoms. The molecule has 2 aromatic rings. The van der Waals surface area contributed by atoms with Crippen LogP contribution in [0.4, 0.5) is 14.5 Å². The number of carbonyl (C=O) groups is 2. The van der Waals surface area contributed by atoms with Crippen molar-refractivity contribution in [1.29, 1.82) is 0 Å². The molecule has 1 aromatic carbocycles. The van der Waals surface area contributed by atoms with Gasteiger partial charge in [-0.05, 0) is 49.3 Å². The highest BCUT2D eigenvalue weighted by Gasteiger charge is 2.40. The number of hydrogen-bond acceptors (Lipinski definition) is 7. The molecular weight excluding hydrogens is 532 g/mol.